The Morgan fingerprint density at radius 2 is 2.03 bits per heavy atom. The molecular weight excluding hydrogens is 451 g/mol. The summed E-state index contributed by atoms with van der Waals surface area (Å²) in [5.41, 5.74) is 1.12. The maximum atomic E-state index is 12.6. The van der Waals surface area contributed by atoms with Crippen LogP contribution in [-0.2, 0) is 16.1 Å². The number of thiazole rings is 1. The molecule has 1 amide bonds. The zero-order valence-electron chi connectivity index (χ0n) is 15.5. The Bertz CT molecular complexity index is 993. The molecular formula is C20H18Cl2N2O3S2. The molecule has 0 fully saturated rings. The van der Waals surface area contributed by atoms with Gasteiger partial charge in [0.15, 0.2) is 0 Å². The molecule has 3 aromatic rings. The number of carbonyl (C=O) groups is 2. The molecule has 1 unspecified atom stereocenters. The molecule has 0 saturated carbocycles. The van der Waals surface area contributed by atoms with E-state index in [9.17, 15) is 9.59 Å². The second kappa shape index (κ2) is 10.3. The van der Waals surface area contributed by atoms with E-state index in [1.165, 1.54) is 23.5 Å². The lowest BCUT2D eigenvalue weighted by atomic mass is 10.1. The number of hydrogen-bond acceptors (Lipinski definition) is 6. The van der Waals surface area contributed by atoms with Gasteiger partial charge in [0.05, 0.1) is 20.8 Å². The highest BCUT2D eigenvalue weighted by molar-refractivity contribution is 7.98. The molecule has 0 radical (unpaired) electrons. The molecule has 5 nitrogen and oxygen atoms in total. The van der Waals surface area contributed by atoms with Crippen LogP contribution in [-0.4, -0.2) is 34.9 Å². The summed E-state index contributed by atoms with van der Waals surface area (Å²) in [7, 11) is 0. The number of halogens is 2. The lowest BCUT2D eigenvalue weighted by molar-refractivity contribution is -0.147. The van der Waals surface area contributed by atoms with Crippen LogP contribution in [0.2, 0.25) is 10.0 Å². The average molecular weight is 469 g/mol. The molecule has 0 aliphatic rings. The third-order valence-corrected chi connectivity index (χ3v) is 6.25. The number of fused-ring (bicyclic) bond motifs is 1. The molecule has 0 spiro atoms. The SMILES string of the molecule is CSCCC(NC(=O)c1ccc(Cl)cc1Cl)C(=O)OCc1nc2ccccc2s1. The number of rotatable bonds is 8. The molecule has 9 heteroatoms. The molecule has 0 aliphatic carbocycles. The summed E-state index contributed by atoms with van der Waals surface area (Å²) in [6, 6.07) is 11.5. The van der Waals surface area contributed by atoms with E-state index in [0.29, 0.717) is 22.2 Å². The van der Waals surface area contributed by atoms with Gasteiger partial charge < -0.3 is 10.1 Å². The Morgan fingerprint density at radius 1 is 1.24 bits per heavy atom. The van der Waals surface area contributed by atoms with Crippen LogP contribution in [0.4, 0.5) is 0 Å². The molecule has 29 heavy (non-hydrogen) atoms. The van der Waals surface area contributed by atoms with Crippen molar-refractivity contribution >= 4 is 68.4 Å². The third-order valence-electron chi connectivity index (χ3n) is 4.05. The Labute approximate surface area is 186 Å². The molecule has 0 saturated heterocycles. The minimum Gasteiger partial charge on any atom is -0.457 e. The highest BCUT2D eigenvalue weighted by Crippen LogP contribution is 2.23. The van der Waals surface area contributed by atoms with Crippen molar-refractivity contribution in [3.63, 3.8) is 0 Å². The summed E-state index contributed by atoms with van der Waals surface area (Å²) < 4.78 is 6.46. The molecule has 152 valence electrons. The van der Waals surface area contributed by atoms with E-state index in [0.717, 1.165) is 10.2 Å². The van der Waals surface area contributed by atoms with E-state index < -0.39 is 17.9 Å². The number of thioether (sulfide) groups is 1. The highest BCUT2D eigenvalue weighted by atomic mass is 35.5. The Hall–Kier alpha value is -1.80. The summed E-state index contributed by atoms with van der Waals surface area (Å²) in [5.74, 6) is -0.262. The van der Waals surface area contributed by atoms with Crippen molar-refractivity contribution in [1.82, 2.24) is 10.3 Å². The highest BCUT2D eigenvalue weighted by Gasteiger charge is 2.24. The zero-order chi connectivity index (χ0) is 20.8. The van der Waals surface area contributed by atoms with E-state index in [1.54, 1.807) is 17.8 Å². The van der Waals surface area contributed by atoms with Crippen LogP contribution >= 0.6 is 46.3 Å². The molecule has 2 aromatic carbocycles. The van der Waals surface area contributed by atoms with Gasteiger partial charge in [-0.1, -0.05) is 35.3 Å². The van der Waals surface area contributed by atoms with Crippen LogP contribution in [0, 0.1) is 0 Å². The van der Waals surface area contributed by atoms with E-state index in [2.05, 4.69) is 10.3 Å². The monoisotopic (exact) mass is 468 g/mol. The number of nitrogens with zero attached hydrogens (tertiary/aromatic N) is 1. The number of carbonyl (C=O) groups excluding carboxylic acids is 2. The topological polar surface area (TPSA) is 68.3 Å². The first-order valence-corrected chi connectivity index (χ1v) is 11.7. The number of benzene rings is 2. The van der Waals surface area contributed by atoms with Crippen LogP contribution in [0.5, 0.6) is 0 Å². The quantitative estimate of drug-likeness (QED) is 0.460. The van der Waals surface area contributed by atoms with Crippen LogP contribution in [0.3, 0.4) is 0 Å². The standard InChI is InChI=1S/C20H18Cl2N2O3S2/c1-28-9-8-16(24-19(25)13-7-6-12(21)10-14(13)22)20(26)27-11-18-23-15-4-2-3-5-17(15)29-18/h2-7,10,16H,8-9,11H2,1H3,(H,24,25). The van der Waals surface area contributed by atoms with Gasteiger partial charge in [-0.3, -0.25) is 4.79 Å². The summed E-state index contributed by atoms with van der Waals surface area (Å²) >= 11 is 15.0. The van der Waals surface area contributed by atoms with Gasteiger partial charge in [0.25, 0.3) is 5.91 Å². The summed E-state index contributed by atoms with van der Waals surface area (Å²) in [5, 5.41) is 4.08. The van der Waals surface area contributed by atoms with Crippen LogP contribution in [0.25, 0.3) is 10.2 Å². The molecule has 1 atom stereocenters. The van der Waals surface area contributed by atoms with Crippen molar-refractivity contribution in [2.24, 2.45) is 0 Å². The third kappa shape index (κ3) is 5.85. The number of para-hydroxylation sites is 1. The van der Waals surface area contributed by atoms with Gasteiger partial charge in [-0.25, -0.2) is 9.78 Å². The Kier molecular flexibility index (Phi) is 7.77. The largest absolute Gasteiger partial charge is 0.457 e. The first kappa shape index (κ1) is 21.9. The lowest BCUT2D eigenvalue weighted by Gasteiger charge is -2.17. The van der Waals surface area contributed by atoms with E-state index in [1.807, 2.05) is 30.5 Å². The van der Waals surface area contributed by atoms with Gasteiger partial charge in [-0.15, -0.1) is 11.3 Å². The number of amides is 1. The predicted molar refractivity (Wildman–Crippen MR) is 120 cm³/mol. The van der Waals surface area contributed by atoms with Crippen molar-refractivity contribution in [1.29, 1.82) is 0 Å². The Morgan fingerprint density at radius 3 is 2.76 bits per heavy atom. The minimum absolute atomic E-state index is 0.0610. The van der Waals surface area contributed by atoms with Gasteiger partial charge >= 0.3 is 5.97 Å². The van der Waals surface area contributed by atoms with Crippen molar-refractivity contribution in [3.05, 3.63) is 63.1 Å². The fourth-order valence-electron chi connectivity index (χ4n) is 2.61. The van der Waals surface area contributed by atoms with E-state index in [4.69, 9.17) is 27.9 Å². The lowest BCUT2D eigenvalue weighted by Crippen LogP contribution is -2.42. The van der Waals surface area contributed by atoms with Crippen LogP contribution < -0.4 is 5.32 Å². The number of ether oxygens (including phenoxy) is 1. The van der Waals surface area contributed by atoms with Crippen LogP contribution in [0.1, 0.15) is 21.8 Å². The minimum atomic E-state index is -0.781. The van der Waals surface area contributed by atoms with E-state index >= 15 is 0 Å². The van der Waals surface area contributed by atoms with Crippen molar-refractivity contribution < 1.29 is 14.3 Å². The number of aromatic nitrogens is 1. The number of esters is 1. The molecule has 1 heterocycles. The molecule has 3 rings (SSSR count). The summed E-state index contributed by atoms with van der Waals surface area (Å²) in [4.78, 5) is 29.7. The van der Waals surface area contributed by atoms with Crippen molar-refractivity contribution in [3.8, 4) is 0 Å². The first-order chi connectivity index (χ1) is 14.0. The van der Waals surface area contributed by atoms with Crippen molar-refractivity contribution in [2.75, 3.05) is 12.0 Å². The van der Waals surface area contributed by atoms with Gasteiger partial charge in [-0.05, 0) is 48.8 Å². The van der Waals surface area contributed by atoms with Gasteiger partial charge in [-0.2, -0.15) is 11.8 Å². The van der Waals surface area contributed by atoms with Gasteiger partial charge in [0.2, 0.25) is 0 Å². The van der Waals surface area contributed by atoms with Gasteiger partial charge in [0, 0.05) is 5.02 Å². The second-order valence-corrected chi connectivity index (χ2v) is 9.06. The maximum Gasteiger partial charge on any atom is 0.329 e. The van der Waals surface area contributed by atoms with Gasteiger partial charge in [0.1, 0.15) is 17.7 Å². The summed E-state index contributed by atoms with van der Waals surface area (Å²) in [6.07, 6.45) is 2.37. The predicted octanol–water partition coefficient (Wildman–Crippen LogP) is 5.20. The first-order valence-electron chi connectivity index (χ1n) is 8.74. The normalized spacial score (nSPS) is 12.0. The summed E-state index contributed by atoms with van der Waals surface area (Å²) in [6.45, 7) is 0.0610. The molecule has 0 aliphatic heterocycles. The zero-order valence-corrected chi connectivity index (χ0v) is 18.6. The average Bonchev–Trinajstić information content (AvgIpc) is 3.12. The fourth-order valence-corrected chi connectivity index (χ4v) is 4.46. The number of hydrogen-bond donors (Lipinski definition) is 1. The number of nitrogens with one attached hydrogen (secondary N) is 1. The molecule has 1 aromatic heterocycles. The molecule has 0 bridgehead atoms. The molecule has 1 N–H and O–H groups in total. The fraction of sp³-hybridized carbons (Fsp3) is 0.250. The van der Waals surface area contributed by atoms with E-state index in [-0.39, 0.29) is 17.2 Å². The second-order valence-electron chi connectivity index (χ2n) is 6.11. The van der Waals surface area contributed by atoms with Crippen molar-refractivity contribution in [2.45, 2.75) is 19.1 Å². The maximum absolute atomic E-state index is 12.6. The van der Waals surface area contributed by atoms with Crippen LogP contribution in [0.15, 0.2) is 42.5 Å². The Balaban J connectivity index is 1.66. The smallest absolute Gasteiger partial charge is 0.329 e.